The van der Waals surface area contributed by atoms with Gasteiger partial charge in [-0.1, -0.05) is 0 Å². The average Bonchev–Trinajstić information content (AvgIpc) is 2.94. The maximum absolute atomic E-state index is 12.3. The summed E-state index contributed by atoms with van der Waals surface area (Å²) in [7, 11) is -0.278. The van der Waals surface area contributed by atoms with Gasteiger partial charge in [-0.3, -0.25) is 0 Å². The fourth-order valence-electron chi connectivity index (χ4n) is 3.32. The van der Waals surface area contributed by atoms with Crippen LogP contribution in [0.15, 0.2) is 12.4 Å². The fourth-order valence-corrected chi connectivity index (χ4v) is 4.50. The van der Waals surface area contributed by atoms with E-state index >= 15 is 0 Å². The van der Waals surface area contributed by atoms with Gasteiger partial charge in [0, 0.05) is 52.2 Å². The molecule has 2 aliphatic rings. The summed E-state index contributed by atoms with van der Waals surface area (Å²) < 4.78 is 33.4. The molecule has 8 nitrogen and oxygen atoms in total. The molecular formula is C15H25N5O3S. The second-order valence-electron chi connectivity index (χ2n) is 6.82. The highest BCUT2D eigenvalue weighted by Gasteiger charge is 2.47. The third kappa shape index (κ3) is 3.53. The van der Waals surface area contributed by atoms with Crippen molar-refractivity contribution in [1.82, 2.24) is 18.6 Å². The predicted molar refractivity (Wildman–Crippen MR) is 90.9 cm³/mol. The van der Waals surface area contributed by atoms with E-state index in [0.717, 1.165) is 18.4 Å². The minimum absolute atomic E-state index is 0.184. The van der Waals surface area contributed by atoms with Crippen LogP contribution >= 0.6 is 0 Å². The van der Waals surface area contributed by atoms with Crippen molar-refractivity contribution in [2.24, 2.45) is 0 Å². The Morgan fingerprint density at radius 3 is 2.75 bits per heavy atom. The van der Waals surface area contributed by atoms with Crippen LogP contribution in [0.1, 0.15) is 24.8 Å². The Morgan fingerprint density at radius 1 is 1.38 bits per heavy atom. The summed E-state index contributed by atoms with van der Waals surface area (Å²) in [5, 5.41) is 3.35. The van der Waals surface area contributed by atoms with Crippen LogP contribution in [0.3, 0.4) is 0 Å². The van der Waals surface area contributed by atoms with E-state index in [1.807, 2.05) is 6.92 Å². The van der Waals surface area contributed by atoms with Gasteiger partial charge in [-0.15, -0.1) is 0 Å². The summed E-state index contributed by atoms with van der Waals surface area (Å²) >= 11 is 0. The Morgan fingerprint density at radius 2 is 2.08 bits per heavy atom. The lowest BCUT2D eigenvalue weighted by atomic mass is 9.89. The highest BCUT2D eigenvalue weighted by atomic mass is 32.2. The molecular weight excluding hydrogens is 330 g/mol. The number of nitrogens with one attached hydrogen (secondary N) is 1. The number of hydrogen-bond acceptors (Lipinski definition) is 6. The van der Waals surface area contributed by atoms with E-state index in [0.29, 0.717) is 32.1 Å². The minimum atomic E-state index is -3.39. The van der Waals surface area contributed by atoms with Gasteiger partial charge < -0.3 is 10.1 Å². The van der Waals surface area contributed by atoms with Gasteiger partial charge in [-0.05, 0) is 31.7 Å². The lowest BCUT2D eigenvalue weighted by Crippen LogP contribution is -2.48. The zero-order valence-electron chi connectivity index (χ0n) is 14.4. The highest BCUT2D eigenvalue weighted by molar-refractivity contribution is 7.86. The molecule has 0 radical (unpaired) electrons. The molecule has 1 spiro atoms. The van der Waals surface area contributed by atoms with Crippen molar-refractivity contribution >= 4 is 16.2 Å². The maximum atomic E-state index is 12.3. The summed E-state index contributed by atoms with van der Waals surface area (Å²) in [6, 6.07) is 0.184. The molecule has 0 saturated carbocycles. The van der Waals surface area contributed by atoms with Crippen LogP contribution in [0.2, 0.25) is 0 Å². The third-order valence-corrected chi connectivity index (χ3v) is 6.56. The molecule has 3 rings (SSSR count). The van der Waals surface area contributed by atoms with Crippen molar-refractivity contribution in [3.8, 4) is 0 Å². The molecule has 134 valence electrons. The Kier molecular flexibility index (Phi) is 4.78. The molecule has 0 aromatic carbocycles. The van der Waals surface area contributed by atoms with Crippen molar-refractivity contribution in [3.05, 3.63) is 18.0 Å². The predicted octanol–water partition coefficient (Wildman–Crippen LogP) is 0.627. The molecule has 1 aromatic heterocycles. The van der Waals surface area contributed by atoms with Gasteiger partial charge in [0.2, 0.25) is 5.95 Å². The van der Waals surface area contributed by atoms with E-state index in [4.69, 9.17) is 4.74 Å². The SMILES string of the molecule is Cc1cnc(N[C@@H]2CCO[C@]3(CCN(S(=O)(=O)N(C)C)C3)C2)nc1. The topological polar surface area (TPSA) is 87.7 Å². The summed E-state index contributed by atoms with van der Waals surface area (Å²) in [5.41, 5.74) is 0.605. The van der Waals surface area contributed by atoms with Gasteiger partial charge in [0.15, 0.2) is 0 Å². The smallest absolute Gasteiger partial charge is 0.281 e. The van der Waals surface area contributed by atoms with E-state index < -0.39 is 15.8 Å². The van der Waals surface area contributed by atoms with Crippen LogP contribution in [0.5, 0.6) is 0 Å². The minimum Gasteiger partial charge on any atom is -0.373 e. The first-order chi connectivity index (χ1) is 11.3. The second-order valence-corrected chi connectivity index (χ2v) is 8.97. The highest BCUT2D eigenvalue weighted by Crippen LogP contribution is 2.36. The molecule has 24 heavy (non-hydrogen) atoms. The fraction of sp³-hybridized carbons (Fsp3) is 0.733. The summed E-state index contributed by atoms with van der Waals surface area (Å²) in [6.45, 7) is 3.46. The van der Waals surface area contributed by atoms with Gasteiger partial charge in [-0.25, -0.2) is 9.97 Å². The molecule has 2 atom stereocenters. The van der Waals surface area contributed by atoms with Crippen molar-refractivity contribution in [2.45, 2.75) is 37.8 Å². The van der Waals surface area contributed by atoms with Crippen molar-refractivity contribution in [1.29, 1.82) is 0 Å². The number of aromatic nitrogens is 2. The van der Waals surface area contributed by atoms with Crippen LogP contribution < -0.4 is 5.32 Å². The van der Waals surface area contributed by atoms with E-state index in [-0.39, 0.29) is 6.04 Å². The summed E-state index contributed by atoms with van der Waals surface area (Å²) in [6.07, 6.45) is 5.90. The number of aryl methyl sites for hydroxylation is 1. The monoisotopic (exact) mass is 355 g/mol. The van der Waals surface area contributed by atoms with Crippen LogP contribution in [-0.2, 0) is 14.9 Å². The molecule has 0 amide bonds. The van der Waals surface area contributed by atoms with Gasteiger partial charge in [0.05, 0.1) is 5.60 Å². The standard InChI is InChI=1S/C15H25N5O3S/c1-12-9-16-14(17-10-12)18-13-4-7-23-15(8-13)5-6-20(11-15)24(21,22)19(2)3/h9-10,13H,4-8,11H2,1-3H3,(H,16,17,18)/t13-,15-/m1/s1. The van der Waals surface area contributed by atoms with Gasteiger partial charge in [0.1, 0.15) is 0 Å². The molecule has 1 N–H and O–H groups in total. The van der Waals surface area contributed by atoms with Gasteiger partial charge in [-0.2, -0.15) is 17.0 Å². The molecule has 0 unspecified atom stereocenters. The third-order valence-electron chi connectivity index (χ3n) is 4.68. The van der Waals surface area contributed by atoms with Crippen LogP contribution in [0, 0.1) is 6.92 Å². The number of nitrogens with zero attached hydrogens (tertiary/aromatic N) is 4. The molecule has 0 aliphatic carbocycles. The van der Waals surface area contributed by atoms with E-state index in [9.17, 15) is 8.42 Å². The maximum Gasteiger partial charge on any atom is 0.281 e. The first kappa shape index (κ1) is 17.5. The molecule has 2 fully saturated rings. The molecule has 9 heteroatoms. The van der Waals surface area contributed by atoms with Crippen molar-refractivity contribution in [3.63, 3.8) is 0 Å². The number of ether oxygens (including phenoxy) is 1. The Balaban J connectivity index is 1.66. The zero-order valence-corrected chi connectivity index (χ0v) is 15.2. The summed E-state index contributed by atoms with van der Waals surface area (Å²) in [5.74, 6) is 0.610. The second kappa shape index (κ2) is 6.55. The van der Waals surface area contributed by atoms with E-state index in [1.54, 1.807) is 26.5 Å². The van der Waals surface area contributed by atoms with Gasteiger partial charge >= 0.3 is 0 Å². The average molecular weight is 355 g/mol. The lowest BCUT2D eigenvalue weighted by Gasteiger charge is -2.38. The van der Waals surface area contributed by atoms with Crippen LogP contribution in [0.4, 0.5) is 5.95 Å². The Bertz CT molecular complexity index is 679. The molecule has 0 bridgehead atoms. The van der Waals surface area contributed by atoms with Gasteiger partial charge in [0.25, 0.3) is 10.2 Å². The molecule has 2 saturated heterocycles. The lowest BCUT2D eigenvalue weighted by molar-refractivity contribution is -0.0705. The number of hydrogen-bond donors (Lipinski definition) is 1. The first-order valence-electron chi connectivity index (χ1n) is 8.17. The zero-order chi connectivity index (χ0) is 17.4. The van der Waals surface area contributed by atoms with Crippen LogP contribution in [-0.4, -0.2) is 72.4 Å². The van der Waals surface area contributed by atoms with E-state index in [1.165, 1.54) is 8.61 Å². The molecule has 3 heterocycles. The quantitative estimate of drug-likeness (QED) is 0.852. The van der Waals surface area contributed by atoms with E-state index in [2.05, 4.69) is 15.3 Å². The Labute approximate surface area is 143 Å². The van der Waals surface area contributed by atoms with Crippen molar-refractivity contribution in [2.75, 3.05) is 39.1 Å². The first-order valence-corrected chi connectivity index (χ1v) is 9.57. The molecule has 1 aromatic rings. The molecule has 2 aliphatic heterocycles. The number of rotatable bonds is 4. The normalized spacial score (nSPS) is 28.6. The van der Waals surface area contributed by atoms with Crippen LogP contribution in [0.25, 0.3) is 0 Å². The van der Waals surface area contributed by atoms with Crippen molar-refractivity contribution < 1.29 is 13.2 Å². The largest absolute Gasteiger partial charge is 0.373 e. The summed E-state index contributed by atoms with van der Waals surface area (Å²) in [4.78, 5) is 8.58. The number of anilines is 1. The Hall–Kier alpha value is -1.29.